The number of piperidine rings is 1. The molecule has 15 nitrogen and oxygen atoms in total. The predicted octanol–water partition coefficient (Wildman–Crippen LogP) is 6.85. The molecule has 0 spiro atoms. The number of carbonyl (C=O) groups is 4. The molecule has 3 saturated heterocycles. The van der Waals surface area contributed by atoms with E-state index in [4.69, 9.17) is 14.0 Å². The van der Waals surface area contributed by atoms with Gasteiger partial charge in [-0.1, -0.05) is 19.3 Å². The number of likely N-dealkylation sites (N-methyl/N-ethyl adjacent to an activating group) is 1. The monoisotopic (exact) mass is 938 g/mol. The lowest BCUT2D eigenvalue weighted by molar-refractivity contribution is -0.142. The number of piperazine rings is 1. The van der Waals surface area contributed by atoms with Gasteiger partial charge in [0.2, 0.25) is 11.8 Å². The Bertz CT molecular complexity index is 2550. The first-order valence-corrected chi connectivity index (χ1v) is 25.1. The Morgan fingerprint density at radius 2 is 1.70 bits per heavy atom. The molecule has 0 bridgehead atoms. The average Bonchev–Trinajstić information content (AvgIpc) is 4.18. The Morgan fingerprint density at radius 1 is 0.925 bits per heavy atom. The number of hydrogen-bond donors (Lipinski definition) is 1. The molecular formula is C50H63FN8O7S. The second-order valence-electron chi connectivity index (χ2n) is 18.9. The molecule has 9 rings (SSSR count). The van der Waals surface area contributed by atoms with Gasteiger partial charge in [0.25, 0.3) is 11.8 Å². The van der Waals surface area contributed by atoms with Crippen LogP contribution in [0.2, 0.25) is 0 Å². The Labute approximate surface area is 394 Å². The molecule has 17 heteroatoms. The number of pyridine rings is 1. The number of aromatic nitrogens is 3. The van der Waals surface area contributed by atoms with Crippen molar-refractivity contribution < 1.29 is 37.6 Å². The molecule has 3 atom stereocenters. The highest BCUT2D eigenvalue weighted by molar-refractivity contribution is 7.17. The second-order valence-corrected chi connectivity index (χ2v) is 19.8. The first kappa shape index (κ1) is 46.7. The van der Waals surface area contributed by atoms with Crippen molar-refractivity contribution in [2.45, 2.75) is 109 Å². The van der Waals surface area contributed by atoms with E-state index in [1.165, 1.54) is 12.1 Å². The number of likely N-dealkylation sites (tertiary alicyclic amines) is 2. The van der Waals surface area contributed by atoms with Crippen LogP contribution in [-0.2, 0) is 27.5 Å². The fourth-order valence-corrected chi connectivity index (χ4v) is 11.5. The number of carbonyl (C=O) groups excluding carboxylic acids is 4. The molecule has 1 aliphatic carbocycles. The Morgan fingerprint density at radius 3 is 2.48 bits per heavy atom. The first-order chi connectivity index (χ1) is 32.5. The number of ether oxygens (including phenoxy) is 2. The van der Waals surface area contributed by atoms with Gasteiger partial charge in [-0.3, -0.25) is 29.1 Å². The summed E-state index contributed by atoms with van der Waals surface area (Å²) in [5.74, 6) is 0.949. The summed E-state index contributed by atoms with van der Waals surface area (Å²) in [5, 5.41) is 9.82. The quantitative estimate of drug-likeness (QED) is 0.111. The summed E-state index contributed by atoms with van der Waals surface area (Å²) in [7, 11) is 1.76. The number of thiophene rings is 1. The van der Waals surface area contributed by atoms with E-state index >= 15 is 0 Å². The molecule has 4 aromatic heterocycles. The normalized spacial score (nSPS) is 19.9. The minimum absolute atomic E-state index is 0.00472. The number of amides is 3. The number of nitrogens with one attached hydrogen (secondary N) is 1. The van der Waals surface area contributed by atoms with Crippen LogP contribution in [-0.4, -0.2) is 135 Å². The van der Waals surface area contributed by atoms with Crippen molar-refractivity contribution in [3.8, 4) is 11.6 Å². The van der Waals surface area contributed by atoms with E-state index < -0.39 is 5.82 Å². The summed E-state index contributed by atoms with van der Waals surface area (Å²) in [4.78, 5) is 68.2. The van der Waals surface area contributed by atoms with Crippen LogP contribution >= 0.6 is 11.3 Å². The maximum absolute atomic E-state index is 14.7. The van der Waals surface area contributed by atoms with Gasteiger partial charge in [0.1, 0.15) is 42.3 Å². The topological polar surface area (TPSA) is 156 Å². The van der Waals surface area contributed by atoms with Crippen LogP contribution < -0.4 is 14.8 Å². The number of nitrogens with zero attached hydrogens (tertiary/aromatic N) is 7. The van der Waals surface area contributed by atoms with Crippen molar-refractivity contribution in [1.82, 2.24) is 39.6 Å². The van der Waals surface area contributed by atoms with Crippen LogP contribution in [0.25, 0.3) is 21.1 Å². The lowest BCUT2D eigenvalue weighted by atomic mass is 9.76. The summed E-state index contributed by atoms with van der Waals surface area (Å²) in [5.41, 5.74) is 2.51. The second kappa shape index (κ2) is 20.9. The minimum atomic E-state index is -0.427. The summed E-state index contributed by atoms with van der Waals surface area (Å²) in [6.45, 7) is 7.94. The Kier molecular flexibility index (Phi) is 14.5. The SMILES string of the molecule is CN[C@@H](C)C(=O)C[C@H](C(=O)N1CCN(C(=O)c2c(C)c3cc(F)ccc3n2CC(=O)N2CCC[C@H]2COc2cc(CN3CCC(Oc4ccnc5ccsc45)CC3)on2)CC1)C1CCCCC1. The van der Waals surface area contributed by atoms with Gasteiger partial charge in [-0.05, 0) is 112 Å². The minimum Gasteiger partial charge on any atom is -0.489 e. The third-order valence-corrected chi connectivity index (χ3v) is 15.6. The number of ketones is 1. The maximum Gasteiger partial charge on any atom is 0.270 e. The van der Waals surface area contributed by atoms with Gasteiger partial charge in [-0.2, -0.15) is 0 Å². The molecule has 3 amide bonds. The molecular weight excluding hydrogens is 876 g/mol. The van der Waals surface area contributed by atoms with Gasteiger partial charge in [0.05, 0.1) is 28.8 Å². The number of halogens is 1. The smallest absolute Gasteiger partial charge is 0.270 e. The van der Waals surface area contributed by atoms with Crippen molar-refractivity contribution in [3.05, 3.63) is 70.8 Å². The highest BCUT2D eigenvalue weighted by Gasteiger charge is 2.38. The van der Waals surface area contributed by atoms with Crippen LogP contribution in [0.3, 0.4) is 0 Å². The van der Waals surface area contributed by atoms with E-state index in [-0.39, 0.29) is 73.1 Å². The van der Waals surface area contributed by atoms with E-state index in [1.807, 2.05) is 40.3 Å². The molecule has 4 aliphatic rings. The number of fused-ring (bicyclic) bond motifs is 2. The van der Waals surface area contributed by atoms with Crippen molar-refractivity contribution in [1.29, 1.82) is 0 Å². The third-order valence-electron chi connectivity index (χ3n) is 14.7. The van der Waals surface area contributed by atoms with Crippen LogP contribution in [0, 0.1) is 24.6 Å². The summed E-state index contributed by atoms with van der Waals surface area (Å²) in [6, 6.07) is 9.64. The van der Waals surface area contributed by atoms with Gasteiger partial charge in [-0.25, -0.2) is 4.39 Å². The number of rotatable bonds is 16. The van der Waals surface area contributed by atoms with Crippen LogP contribution in [0.15, 0.2) is 52.5 Å². The predicted molar refractivity (Wildman–Crippen MR) is 253 cm³/mol. The van der Waals surface area contributed by atoms with Crippen LogP contribution in [0.5, 0.6) is 11.6 Å². The Hall–Kier alpha value is -5.39. The summed E-state index contributed by atoms with van der Waals surface area (Å²) >= 11 is 1.65. The third kappa shape index (κ3) is 10.4. The summed E-state index contributed by atoms with van der Waals surface area (Å²) in [6.07, 6.45) is 10.6. The number of hydrogen-bond acceptors (Lipinski definition) is 12. The van der Waals surface area contributed by atoms with Gasteiger partial charge in [0.15, 0.2) is 5.76 Å². The molecule has 1 aromatic carbocycles. The molecule has 0 unspecified atom stereocenters. The maximum atomic E-state index is 14.7. The lowest BCUT2D eigenvalue weighted by Gasteiger charge is -2.39. The van der Waals surface area contributed by atoms with Gasteiger partial charge < -0.3 is 38.6 Å². The lowest BCUT2D eigenvalue weighted by Crippen LogP contribution is -2.53. The van der Waals surface area contributed by atoms with E-state index in [0.717, 1.165) is 86.8 Å². The van der Waals surface area contributed by atoms with Crippen molar-refractivity contribution in [2.75, 3.05) is 59.5 Å². The molecule has 3 aliphatic heterocycles. The van der Waals surface area contributed by atoms with E-state index in [1.54, 1.807) is 47.0 Å². The van der Waals surface area contributed by atoms with Crippen molar-refractivity contribution in [3.63, 3.8) is 0 Å². The number of benzene rings is 1. The highest BCUT2D eigenvalue weighted by Crippen LogP contribution is 2.35. The zero-order valence-electron chi connectivity index (χ0n) is 38.9. The standard InChI is InChI=1S/C50H63FN8O7S/c1-32-39-26-35(51)11-12-42(39)59(47(32)50(63)57-23-21-56(22-24-57)49(62)40(28-43(60)33(2)52-3)34-8-5-4-6-9-34)30-46(61)58-18-7-10-36(58)31-64-45-27-38(66-54-45)29-55-19-14-37(15-20-55)65-44-13-17-53-41-16-25-67-48(41)44/h11-13,16-17,25-27,33-34,36-37,40,52H,4-10,14-15,18-24,28-31H2,1-3H3/t33-,36-,40-/m0/s1. The molecule has 1 N–H and O–H groups in total. The number of aryl methyl sites for hydroxylation is 1. The molecule has 7 heterocycles. The van der Waals surface area contributed by atoms with Gasteiger partial charge in [0, 0.05) is 81.3 Å². The molecule has 67 heavy (non-hydrogen) atoms. The zero-order chi connectivity index (χ0) is 46.6. The van der Waals surface area contributed by atoms with E-state index in [0.29, 0.717) is 73.1 Å². The largest absolute Gasteiger partial charge is 0.489 e. The average molecular weight is 939 g/mol. The van der Waals surface area contributed by atoms with Gasteiger partial charge >= 0.3 is 0 Å². The van der Waals surface area contributed by atoms with E-state index in [2.05, 4.69) is 20.4 Å². The number of Topliss-reactive ketones (excluding diaryl/α,β-unsaturated/α-hetero) is 1. The van der Waals surface area contributed by atoms with Crippen LogP contribution in [0.4, 0.5) is 4.39 Å². The van der Waals surface area contributed by atoms with E-state index in [9.17, 15) is 23.6 Å². The van der Waals surface area contributed by atoms with Crippen LogP contribution in [0.1, 0.15) is 92.9 Å². The highest BCUT2D eigenvalue weighted by atomic mass is 32.1. The molecule has 0 radical (unpaired) electrons. The fourth-order valence-electron chi connectivity index (χ4n) is 10.7. The molecule has 5 aromatic rings. The van der Waals surface area contributed by atoms with Crippen molar-refractivity contribution in [2.24, 2.45) is 11.8 Å². The molecule has 4 fully saturated rings. The molecule has 358 valence electrons. The Balaban J connectivity index is 0.805. The van der Waals surface area contributed by atoms with Gasteiger partial charge in [-0.15, -0.1) is 11.3 Å². The molecule has 1 saturated carbocycles. The van der Waals surface area contributed by atoms with Crippen molar-refractivity contribution >= 4 is 56.0 Å². The first-order valence-electron chi connectivity index (χ1n) is 24.2. The zero-order valence-corrected chi connectivity index (χ0v) is 39.7. The fraction of sp³-hybridized carbons (Fsp3) is 0.560. The summed E-state index contributed by atoms with van der Waals surface area (Å²) < 4.78 is 35.7.